The minimum absolute atomic E-state index is 0.148. The Morgan fingerprint density at radius 3 is 2.94 bits per heavy atom. The third-order valence-electron chi connectivity index (χ3n) is 5.12. The molecule has 162 valence electrons. The molecule has 0 radical (unpaired) electrons. The molecule has 1 aliphatic heterocycles. The number of nitrogens with one attached hydrogen (secondary N) is 2. The molecule has 0 bridgehead atoms. The maximum atomic E-state index is 12.3. The minimum Gasteiger partial charge on any atom is -0.507 e. The lowest BCUT2D eigenvalue weighted by atomic mass is 9.92. The number of aromatic nitrogens is 1. The lowest BCUT2D eigenvalue weighted by Gasteiger charge is -2.32. The van der Waals surface area contributed by atoms with Crippen LogP contribution >= 0.6 is 11.6 Å². The van der Waals surface area contributed by atoms with Crippen molar-refractivity contribution < 1.29 is 24.2 Å². The van der Waals surface area contributed by atoms with Crippen LogP contribution in [0.3, 0.4) is 0 Å². The van der Waals surface area contributed by atoms with Gasteiger partial charge in [0.05, 0.1) is 6.42 Å². The van der Waals surface area contributed by atoms with Crippen LogP contribution < -0.4 is 14.8 Å². The summed E-state index contributed by atoms with van der Waals surface area (Å²) in [6, 6.07) is 8.48. The molecule has 3 N–H and O–H groups in total. The number of hydrogen-bond acceptors (Lipinski definition) is 5. The zero-order valence-corrected chi connectivity index (χ0v) is 18.0. The summed E-state index contributed by atoms with van der Waals surface area (Å²) in [6.07, 6.45) is 2.72. The zero-order chi connectivity index (χ0) is 22.2. The highest BCUT2D eigenvalue weighted by Gasteiger charge is 2.35. The first kappa shape index (κ1) is 21.1. The Morgan fingerprint density at radius 2 is 2.13 bits per heavy atom. The quantitative estimate of drug-likeness (QED) is 0.535. The number of phenols is 1. The Morgan fingerprint density at radius 1 is 1.32 bits per heavy atom. The lowest BCUT2D eigenvalue weighted by molar-refractivity contribution is -0.123. The van der Waals surface area contributed by atoms with Gasteiger partial charge in [0.15, 0.2) is 12.4 Å². The molecule has 0 atom stereocenters. The number of amides is 1. The number of carbonyl (C=O) groups is 2. The highest BCUT2D eigenvalue weighted by molar-refractivity contribution is 6.31. The minimum atomic E-state index is -0.668. The molecular weight excluding hydrogens is 420 g/mol. The van der Waals surface area contributed by atoms with Crippen molar-refractivity contribution in [3.05, 3.63) is 52.7 Å². The Balaban J connectivity index is 1.33. The second-order valence-electron chi connectivity index (χ2n) is 8.17. The van der Waals surface area contributed by atoms with Gasteiger partial charge in [0, 0.05) is 40.8 Å². The van der Waals surface area contributed by atoms with Gasteiger partial charge in [0.1, 0.15) is 28.4 Å². The number of halogens is 1. The summed E-state index contributed by atoms with van der Waals surface area (Å²) in [7, 11) is 0. The van der Waals surface area contributed by atoms with Gasteiger partial charge in [-0.3, -0.25) is 9.59 Å². The Bertz CT molecular complexity index is 1170. The van der Waals surface area contributed by atoms with Crippen molar-refractivity contribution in [1.29, 1.82) is 0 Å². The van der Waals surface area contributed by atoms with E-state index in [0.29, 0.717) is 18.0 Å². The standard InChI is InChI=1S/C23H23ClN2O5/c1-23(2)10-19(28)22-18(27)8-15(9-20(22)31-23)30-12-21(29)25-6-5-13-11-26-17-4-3-14(24)7-16(13)17/h3-4,7-9,11,26-27H,5-6,10,12H2,1-2H3,(H,25,29). The number of aromatic hydroxyl groups is 1. The van der Waals surface area contributed by atoms with Gasteiger partial charge in [0.2, 0.25) is 0 Å². The smallest absolute Gasteiger partial charge is 0.257 e. The van der Waals surface area contributed by atoms with Gasteiger partial charge in [-0.2, -0.15) is 0 Å². The average Bonchev–Trinajstić information content (AvgIpc) is 3.07. The van der Waals surface area contributed by atoms with Crippen LogP contribution in [0.15, 0.2) is 36.5 Å². The summed E-state index contributed by atoms with van der Waals surface area (Å²) in [6.45, 7) is 3.80. The van der Waals surface area contributed by atoms with Crippen molar-refractivity contribution in [2.75, 3.05) is 13.2 Å². The molecule has 0 unspecified atom stereocenters. The molecule has 1 aromatic heterocycles. The summed E-state index contributed by atoms with van der Waals surface area (Å²) in [5.74, 6) is -0.191. The fourth-order valence-electron chi connectivity index (χ4n) is 3.72. The number of aromatic amines is 1. The van der Waals surface area contributed by atoms with Crippen molar-refractivity contribution in [2.24, 2.45) is 0 Å². The summed E-state index contributed by atoms with van der Waals surface area (Å²) in [5, 5.41) is 14.7. The van der Waals surface area contributed by atoms with E-state index in [1.807, 2.05) is 24.4 Å². The largest absolute Gasteiger partial charge is 0.507 e. The van der Waals surface area contributed by atoms with E-state index in [-0.39, 0.29) is 47.5 Å². The number of benzene rings is 2. The van der Waals surface area contributed by atoms with E-state index in [0.717, 1.165) is 16.5 Å². The van der Waals surface area contributed by atoms with Crippen LogP contribution in [-0.2, 0) is 11.2 Å². The predicted octanol–water partition coefficient (Wildman–Crippen LogP) is 4.01. The zero-order valence-electron chi connectivity index (χ0n) is 17.3. The van der Waals surface area contributed by atoms with Gasteiger partial charge in [-0.05, 0) is 44.0 Å². The fraction of sp³-hybridized carbons (Fsp3) is 0.304. The third-order valence-corrected chi connectivity index (χ3v) is 5.36. The molecule has 0 spiro atoms. The molecule has 0 saturated carbocycles. The van der Waals surface area contributed by atoms with Crippen molar-refractivity contribution in [1.82, 2.24) is 10.3 Å². The van der Waals surface area contributed by atoms with E-state index < -0.39 is 5.60 Å². The number of Topliss-reactive ketones (excluding diaryl/α,β-unsaturated/α-hetero) is 1. The highest BCUT2D eigenvalue weighted by atomic mass is 35.5. The van der Waals surface area contributed by atoms with Gasteiger partial charge < -0.3 is 24.9 Å². The first-order valence-corrected chi connectivity index (χ1v) is 10.3. The van der Waals surface area contributed by atoms with Gasteiger partial charge >= 0.3 is 0 Å². The number of fused-ring (bicyclic) bond motifs is 2. The van der Waals surface area contributed by atoms with Gasteiger partial charge in [-0.25, -0.2) is 0 Å². The molecule has 0 aliphatic carbocycles. The van der Waals surface area contributed by atoms with Crippen molar-refractivity contribution in [3.63, 3.8) is 0 Å². The van der Waals surface area contributed by atoms with Crippen LogP contribution in [0.4, 0.5) is 0 Å². The van der Waals surface area contributed by atoms with Crippen LogP contribution in [0.1, 0.15) is 36.2 Å². The normalized spacial score (nSPS) is 14.7. The second kappa shape index (κ2) is 8.15. The molecule has 7 nitrogen and oxygen atoms in total. The SMILES string of the molecule is CC1(C)CC(=O)c2c(O)cc(OCC(=O)NCCc3c[nH]c4ccc(Cl)cc34)cc2O1. The average molecular weight is 443 g/mol. The fourth-order valence-corrected chi connectivity index (χ4v) is 3.90. The monoisotopic (exact) mass is 442 g/mol. The summed E-state index contributed by atoms with van der Waals surface area (Å²) >= 11 is 6.06. The number of H-pyrrole nitrogens is 1. The summed E-state index contributed by atoms with van der Waals surface area (Å²) < 4.78 is 11.3. The van der Waals surface area contributed by atoms with E-state index in [1.54, 1.807) is 13.8 Å². The molecule has 4 rings (SSSR count). The van der Waals surface area contributed by atoms with E-state index in [9.17, 15) is 14.7 Å². The first-order valence-electron chi connectivity index (χ1n) is 9.96. The van der Waals surface area contributed by atoms with E-state index in [4.69, 9.17) is 21.1 Å². The molecule has 31 heavy (non-hydrogen) atoms. The number of ketones is 1. The number of hydrogen-bond donors (Lipinski definition) is 3. The third kappa shape index (κ3) is 4.61. The van der Waals surface area contributed by atoms with Gasteiger partial charge in [-0.15, -0.1) is 0 Å². The highest BCUT2D eigenvalue weighted by Crippen LogP contribution is 2.40. The maximum absolute atomic E-state index is 12.3. The van der Waals surface area contributed by atoms with Crippen LogP contribution in [-0.4, -0.2) is 40.5 Å². The molecule has 0 saturated heterocycles. The Hall–Kier alpha value is -3.19. The maximum Gasteiger partial charge on any atom is 0.257 e. The molecule has 0 fully saturated rings. The van der Waals surface area contributed by atoms with E-state index >= 15 is 0 Å². The van der Waals surface area contributed by atoms with Crippen LogP contribution in [0.5, 0.6) is 17.2 Å². The number of rotatable bonds is 6. The van der Waals surface area contributed by atoms with Crippen LogP contribution in [0, 0.1) is 0 Å². The van der Waals surface area contributed by atoms with Crippen LogP contribution in [0.25, 0.3) is 10.9 Å². The summed E-state index contributed by atoms with van der Waals surface area (Å²) in [4.78, 5) is 27.6. The molecule has 2 aromatic carbocycles. The lowest BCUT2D eigenvalue weighted by Crippen LogP contribution is -2.36. The Kier molecular flexibility index (Phi) is 5.54. The van der Waals surface area contributed by atoms with Gasteiger partial charge in [-0.1, -0.05) is 11.6 Å². The first-order chi connectivity index (χ1) is 14.7. The number of phenolic OH excluding ortho intramolecular Hbond substituents is 1. The molecular formula is C23H23ClN2O5. The molecule has 1 amide bonds. The van der Waals surface area contributed by atoms with Crippen molar-refractivity contribution in [2.45, 2.75) is 32.3 Å². The number of carbonyl (C=O) groups excluding carboxylic acids is 2. The van der Waals surface area contributed by atoms with Gasteiger partial charge in [0.25, 0.3) is 5.91 Å². The van der Waals surface area contributed by atoms with E-state index in [2.05, 4.69) is 10.3 Å². The molecule has 3 aromatic rings. The van der Waals surface area contributed by atoms with E-state index in [1.165, 1.54) is 12.1 Å². The Labute approximate surface area is 184 Å². The number of ether oxygens (including phenoxy) is 2. The van der Waals surface area contributed by atoms with Crippen LogP contribution in [0.2, 0.25) is 5.02 Å². The van der Waals surface area contributed by atoms with Crippen molar-refractivity contribution in [3.8, 4) is 17.2 Å². The molecule has 2 heterocycles. The molecule has 1 aliphatic rings. The van der Waals surface area contributed by atoms with Crippen molar-refractivity contribution >= 4 is 34.2 Å². The second-order valence-corrected chi connectivity index (χ2v) is 8.61. The molecule has 8 heteroatoms. The predicted molar refractivity (Wildman–Crippen MR) is 117 cm³/mol. The summed E-state index contributed by atoms with van der Waals surface area (Å²) in [5.41, 5.74) is 1.53. The topological polar surface area (TPSA) is 101 Å².